The summed E-state index contributed by atoms with van der Waals surface area (Å²) in [7, 11) is 1.69. The molecule has 0 fully saturated rings. The van der Waals surface area contributed by atoms with Crippen molar-refractivity contribution in [3.63, 3.8) is 0 Å². The quantitative estimate of drug-likeness (QED) is 0.488. The van der Waals surface area contributed by atoms with Gasteiger partial charge in [0.05, 0.1) is 35.3 Å². The molecule has 29 heavy (non-hydrogen) atoms. The van der Waals surface area contributed by atoms with Gasteiger partial charge in [0.15, 0.2) is 5.76 Å². The number of nitrogens with one attached hydrogen (secondary N) is 1. The van der Waals surface area contributed by atoms with Crippen molar-refractivity contribution in [2.45, 2.75) is 32.5 Å². The molecule has 0 bridgehead atoms. The van der Waals surface area contributed by atoms with E-state index in [0.29, 0.717) is 19.8 Å². The summed E-state index contributed by atoms with van der Waals surface area (Å²) in [6, 6.07) is 3.83. The molecule has 0 atom stereocenters. The number of hydrogen-bond donors (Lipinski definition) is 1. The zero-order valence-electron chi connectivity index (χ0n) is 16.6. The van der Waals surface area contributed by atoms with Crippen LogP contribution in [0.15, 0.2) is 29.1 Å². The number of hydrogen-bond acceptors (Lipinski definition) is 8. The Labute approximate surface area is 172 Å². The zero-order valence-corrected chi connectivity index (χ0v) is 17.4. The maximum absolute atomic E-state index is 6.12. The van der Waals surface area contributed by atoms with E-state index in [-0.39, 0.29) is 5.60 Å². The van der Waals surface area contributed by atoms with Crippen molar-refractivity contribution in [2.24, 2.45) is 0 Å². The van der Waals surface area contributed by atoms with E-state index in [1.165, 1.54) is 5.56 Å². The summed E-state index contributed by atoms with van der Waals surface area (Å²) in [6.45, 7) is 6.04. The van der Waals surface area contributed by atoms with Gasteiger partial charge in [0, 0.05) is 31.0 Å². The van der Waals surface area contributed by atoms with Crippen LogP contribution in [-0.2, 0) is 22.5 Å². The summed E-state index contributed by atoms with van der Waals surface area (Å²) in [5.74, 6) is 1.57. The van der Waals surface area contributed by atoms with Crippen molar-refractivity contribution in [2.75, 3.05) is 25.6 Å². The van der Waals surface area contributed by atoms with Gasteiger partial charge in [-0.3, -0.25) is 0 Å². The van der Waals surface area contributed by atoms with E-state index in [4.69, 9.17) is 18.9 Å². The lowest BCUT2D eigenvalue weighted by Crippen LogP contribution is -2.32. The minimum Gasteiger partial charge on any atom is -0.463 e. The van der Waals surface area contributed by atoms with Crippen LogP contribution in [0.1, 0.15) is 25.0 Å². The van der Waals surface area contributed by atoms with Gasteiger partial charge in [0.1, 0.15) is 22.7 Å². The smallest absolute Gasteiger partial charge is 0.152 e. The van der Waals surface area contributed by atoms with Crippen LogP contribution in [0.3, 0.4) is 0 Å². The van der Waals surface area contributed by atoms with Crippen molar-refractivity contribution in [1.82, 2.24) is 15.0 Å². The van der Waals surface area contributed by atoms with Gasteiger partial charge in [-0.05, 0) is 31.5 Å². The lowest BCUT2D eigenvalue weighted by molar-refractivity contribution is -0.0395. The Hall–Kier alpha value is -2.55. The molecule has 7 nitrogen and oxygen atoms in total. The summed E-state index contributed by atoms with van der Waals surface area (Å²) in [5, 5.41) is 4.45. The third-order valence-electron chi connectivity index (χ3n) is 5.18. The highest BCUT2D eigenvalue weighted by Gasteiger charge is 2.32. The maximum Gasteiger partial charge on any atom is 0.152 e. The van der Waals surface area contributed by atoms with Crippen molar-refractivity contribution in [1.29, 1.82) is 0 Å². The number of thiophene rings is 1. The zero-order chi connectivity index (χ0) is 20.0. The van der Waals surface area contributed by atoms with E-state index in [9.17, 15) is 0 Å². The van der Waals surface area contributed by atoms with E-state index in [0.717, 1.165) is 49.7 Å². The third kappa shape index (κ3) is 3.17. The normalized spacial score (nSPS) is 15.7. The summed E-state index contributed by atoms with van der Waals surface area (Å²) < 4.78 is 18.0. The Morgan fingerprint density at radius 1 is 1.28 bits per heavy atom. The molecule has 0 spiro atoms. The van der Waals surface area contributed by atoms with Crippen LogP contribution in [0.2, 0.25) is 0 Å². The summed E-state index contributed by atoms with van der Waals surface area (Å²) in [6.07, 6.45) is 4.08. The first-order valence-corrected chi connectivity index (χ1v) is 10.4. The average molecular weight is 410 g/mol. The highest BCUT2D eigenvalue weighted by molar-refractivity contribution is 7.26. The highest BCUT2D eigenvalue weighted by Crippen LogP contribution is 2.44. The van der Waals surface area contributed by atoms with Crippen LogP contribution in [0.4, 0.5) is 5.82 Å². The maximum atomic E-state index is 6.12. The van der Waals surface area contributed by atoms with Crippen LogP contribution < -0.4 is 5.32 Å². The molecular weight excluding hydrogens is 388 g/mol. The third-order valence-corrected chi connectivity index (χ3v) is 6.26. The van der Waals surface area contributed by atoms with E-state index >= 15 is 0 Å². The summed E-state index contributed by atoms with van der Waals surface area (Å²) >= 11 is 1.61. The second-order valence-electron chi connectivity index (χ2n) is 7.72. The van der Waals surface area contributed by atoms with Gasteiger partial charge < -0.3 is 19.2 Å². The number of pyridine rings is 1. The number of anilines is 1. The molecular formula is C21H22N4O3S. The van der Waals surface area contributed by atoms with Crippen LogP contribution in [0, 0.1) is 0 Å². The molecule has 0 saturated carbocycles. The Balaban J connectivity index is 1.77. The van der Waals surface area contributed by atoms with E-state index < -0.39 is 0 Å². The number of furan rings is 1. The first-order valence-electron chi connectivity index (χ1n) is 9.57. The van der Waals surface area contributed by atoms with E-state index in [1.807, 2.05) is 12.1 Å². The lowest BCUT2D eigenvalue weighted by atomic mass is 9.89. The molecule has 0 radical (unpaired) electrons. The number of fused-ring (bicyclic) bond motifs is 5. The molecule has 4 aromatic heterocycles. The van der Waals surface area contributed by atoms with Crippen molar-refractivity contribution in [3.8, 4) is 11.5 Å². The minimum atomic E-state index is -0.247. The van der Waals surface area contributed by atoms with E-state index in [2.05, 4.69) is 29.1 Å². The molecule has 8 heteroatoms. The SMILES string of the molecule is COCCNc1ncnc2c1sc1nc(-c3ccco3)c3c(c12)CC(C)(C)OC3. The van der Waals surface area contributed by atoms with Gasteiger partial charge in [0.2, 0.25) is 0 Å². The number of methoxy groups -OCH3 is 1. The molecule has 0 aromatic carbocycles. The lowest BCUT2D eigenvalue weighted by Gasteiger charge is -2.32. The van der Waals surface area contributed by atoms with Gasteiger partial charge in [-0.2, -0.15) is 0 Å². The van der Waals surface area contributed by atoms with Gasteiger partial charge >= 0.3 is 0 Å². The first-order chi connectivity index (χ1) is 14.1. The molecule has 4 aromatic rings. The largest absolute Gasteiger partial charge is 0.463 e. The molecule has 1 aliphatic rings. The molecule has 5 rings (SSSR count). The fraction of sp³-hybridized carbons (Fsp3) is 0.381. The molecule has 0 saturated heterocycles. The predicted octanol–water partition coefficient (Wildman–Crippen LogP) is 4.41. The van der Waals surface area contributed by atoms with Crippen LogP contribution in [-0.4, -0.2) is 40.8 Å². The van der Waals surface area contributed by atoms with E-state index in [1.54, 1.807) is 31.0 Å². The van der Waals surface area contributed by atoms with Gasteiger partial charge in [-0.1, -0.05) is 0 Å². The van der Waals surface area contributed by atoms with Gasteiger partial charge in [-0.25, -0.2) is 15.0 Å². The molecule has 0 aliphatic carbocycles. The average Bonchev–Trinajstić information content (AvgIpc) is 3.35. The van der Waals surface area contributed by atoms with Crippen LogP contribution in [0.25, 0.3) is 31.9 Å². The first kappa shape index (κ1) is 18.5. The Morgan fingerprint density at radius 2 is 2.17 bits per heavy atom. The number of ether oxygens (including phenoxy) is 2. The standard InChI is InChI=1S/C21H22N4O3S/c1-21(2)9-12-13(10-28-21)16(14-5-4-7-27-14)25-20-15(12)17-18(29-20)19(24-11-23-17)22-6-8-26-3/h4-5,7,11H,6,8-10H2,1-3H3,(H,22,23,24). The molecule has 5 heterocycles. The molecule has 1 N–H and O–H groups in total. The second-order valence-corrected chi connectivity index (χ2v) is 8.72. The van der Waals surface area contributed by atoms with Crippen molar-refractivity contribution >= 4 is 37.6 Å². The Kier molecular flexibility index (Phi) is 4.49. The van der Waals surface area contributed by atoms with Gasteiger partial charge in [-0.15, -0.1) is 11.3 Å². The van der Waals surface area contributed by atoms with Gasteiger partial charge in [0.25, 0.3) is 0 Å². The van der Waals surface area contributed by atoms with Crippen molar-refractivity contribution < 1.29 is 13.9 Å². The molecule has 0 unspecified atom stereocenters. The Morgan fingerprint density at radius 3 is 2.97 bits per heavy atom. The molecule has 1 aliphatic heterocycles. The fourth-order valence-electron chi connectivity index (χ4n) is 3.82. The number of rotatable bonds is 5. The minimum absolute atomic E-state index is 0.247. The topological polar surface area (TPSA) is 82.3 Å². The highest BCUT2D eigenvalue weighted by atomic mass is 32.1. The summed E-state index contributed by atoms with van der Waals surface area (Å²) in [5.41, 5.74) is 3.86. The van der Waals surface area contributed by atoms with Crippen LogP contribution in [0.5, 0.6) is 0 Å². The van der Waals surface area contributed by atoms with Crippen LogP contribution >= 0.6 is 11.3 Å². The second kappa shape index (κ2) is 7.05. The fourth-order valence-corrected chi connectivity index (χ4v) is 4.95. The predicted molar refractivity (Wildman–Crippen MR) is 113 cm³/mol. The summed E-state index contributed by atoms with van der Waals surface area (Å²) in [4.78, 5) is 15.0. The van der Waals surface area contributed by atoms with Crippen molar-refractivity contribution in [3.05, 3.63) is 35.9 Å². The number of nitrogens with zero attached hydrogens (tertiary/aromatic N) is 3. The Bertz CT molecular complexity index is 1180. The number of aromatic nitrogens is 3. The molecule has 0 amide bonds. The molecule has 150 valence electrons. The monoisotopic (exact) mass is 410 g/mol.